The molecule has 146 valence electrons. The maximum Gasteiger partial charge on any atom is 0.308 e. The number of nitrogens with one attached hydrogen (secondary N) is 2. The average molecular weight is 381 g/mol. The molecular formula is C21H23N3O4. The zero-order chi connectivity index (χ0) is 20.1. The number of rotatable bonds is 7. The van der Waals surface area contributed by atoms with E-state index in [0.29, 0.717) is 11.3 Å². The van der Waals surface area contributed by atoms with Crippen LogP contribution in [0.4, 0.5) is 0 Å². The van der Waals surface area contributed by atoms with E-state index < -0.39 is 6.04 Å². The highest BCUT2D eigenvalue weighted by Crippen LogP contribution is 2.22. The van der Waals surface area contributed by atoms with Gasteiger partial charge in [0.2, 0.25) is 0 Å². The van der Waals surface area contributed by atoms with Crippen LogP contribution in [0.2, 0.25) is 0 Å². The summed E-state index contributed by atoms with van der Waals surface area (Å²) in [5, 5.41) is 2.93. The van der Waals surface area contributed by atoms with Crippen LogP contribution in [-0.2, 0) is 9.53 Å². The molecule has 0 aliphatic rings. The van der Waals surface area contributed by atoms with Crippen LogP contribution in [-0.4, -0.2) is 35.1 Å². The number of nitrogens with zero attached hydrogens (tertiary/aromatic N) is 1. The summed E-state index contributed by atoms with van der Waals surface area (Å²) in [6.45, 7) is 3.58. The van der Waals surface area contributed by atoms with Gasteiger partial charge < -0.3 is 19.8 Å². The molecule has 0 saturated heterocycles. The van der Waals surface area contributed by atoms with Crippen molar-refractivity contribution in [2.24, 2.45) is 0 Å². The lowest BCUT2D eigenvalue weighted by Gasteiger charge is -2.20. The van der Waals surface area contributed by atoms with Gasteiger partial charge in [0.1, 0.15) is 5.75 Å². The normalized spacial score (nSPS) is 12.0. The Morgan fingerprint density at radius 2 is 1.89 bits per heavy atom. The molecule has 7 nitrogen and oxygen atoms in total. The number of benzene rings is 2. The number of carbonyl (C=O) groups is 2. The van der Waals surface area contributed by atoms with Gasteiger partial charge in [-0.05, 0) is 49.7 Å². The van der Waals surface area contributed by atoms with Crippen LogP contribution in [0.25, 0.3) is 11.0 Å². The van der Waals surface area contributed by atoms with Crippen molar-refractivity contribution < 1.29 is 19.1 Å². The second-order valence-electron chi connectivity index (χ2n) is 6.68. The van der Waals surface area contributed by atoms with Crippen molar-refractivity contribution in [1.29, 1.82) is 0 Å². The minimum Gasteiger partial charge on any atom is -0.497 e. The summed E-state index contributed by atoms with van der Waals surface area (Å²) in [6, 6.07) is 11.9. The van der Waals surface area contributed by atoms with Crippen LogP contribution in [0.15, 0.2) is 48.8 Å². The van der Waals surface area contributed by atoms with Gasteiger partial charge in [0.05, 0.1) is 43.0 Å². The molecule has 0 bridgehead atoms. The topological polar surface area (TPSA) is 93.3 Å². The lowest BCUT2D eigenvalue weighted by atomic mass is 10.0. The zero-order valence-corrected chi connectivity index (χ0v) is 16.1. The van der Waals surface area contributed by atoms with Crippen LogP contribution in [0.1, 0.15) is 42.2 Å². The molecule has 1 unspecified atom stereocenters. The second-order valence-corrected chi connectivity index (χ2v) is 6.68. The molecule has 28 heavy (non-hydrogen) atoms. The van der Waals surface area contributed by atoms with Gasteiger partial charge in [-0.15, -0.1) is 0 Å². The number of aromatic amines is 1. The first kappa shape index (κ1) is 19.4. The molecule has 3 aromatic rings. The van der Waals surface area contributed by atoms with Crippen LogP contribution < -0.4 is 10.1 Å². The summed E-state index contributed by atoms with van der Waals surface area (Å²) < 4.78 is 10.4. The number of hydrogen-bond acceptors (Lipinski definition) is 5. The van der Waals surface area contributed by atoms with Crippen molar-refractivity contribution in [2.75, 3.05) is 7.11 Å². The maximum atomic E-state index is 12.8. The predicted octanol–water partition coefficient (Wildman–Crippen LogP) is 3.38. The number of aromatic nitrogens is 2. The summed E-state index contributed by atoms with van der Waals surface area (Å²) in [5.41, 5.74) is 2.82. The van der Waals surface area contributed by atoms with E-state index >= 15 is 0 Å². The fourth-order valence-corrected chi connectivity index (χ4v) is 2.88. The number of methoxy groups -OCH3 is 1. The van der Waals surface area contributed by atoms with Gasteiger partial charge in [-0.3, -0.25) is 9.59 Å². The molecule has 2 aromatic carbocycles. The monoisotopic (exact) mass is 381 g/mol. The fraction of sp³-hybridized carbons (Fsp3) is 0.286. The highest BCUT2D eigenvalue weighted by molar-refractivity contribution is 5.97. The van der Waals surface area contributed by atoms with E-state index in [1.54, 1.807) is 57.6 Å². The van der Waals surface area contributed by atoms with E-state index in [-0.39, 0.29) is 24.4 Å². The third-order valence-electron chi connectivity index (χ3n) is 4.24. The van der Waals surface area contributed by atoms with Crippen molar-refractivity contribution in [2.45, 2.75) is 32.4 Å². The molecule has 2 N–H and O–H groups in total. The number of amides is 1. The molecule has 0 radical (unpaired) electrons. The lowest BCUT2D eigenvalue weighted by molar-refractivity contribution is -0.147. The van der Waals surface area contributed by atoms with Gasteiger partial charge in [-0.1, -0.05) is 12.1 Å². The SMILES string of the molecule is COc1ccc(C(CC(=O)OC(C)C)NC(=O)c2ccc3nc[nH]c3c2)cc1. The minimum absolute atomic E-state index is 0.0303. The van der Waals surface area contributed by atoms with Gasteiger partial charge >= 0.3 is 5.97 Å². The van der Waals surface area contributed by atoms with Crippen molar-refractivity contribution in [3.63, 3.8) is 0 Å². The van der Waals surface area contributed by atoms with Crippen LogP contribution in [0.3, 0.4) is 0 Å². The lowest BCUT2D eigenvalue weighted by Crippen LogP contribution is -2.31. The van der Waals surface area contributed by atoms with Crippen molar-refractivity contribution in [1.82, 2.24) is 15.3 Å². The van der Waals surface area contributed by atoms with E-state index in [0.717, 1.165) is 16.6 Å². The molecule has 3 rings (SSSR count). The van der Waals surface area contributed by atoms with Gasteiger partial charge in [-0.25, -0.2) is 4.98 Å². The van der Waals surface area contributed by atoms with Gasteiger partial charge in [0.15, 0.2) is 0 Å². The fourth-order valence-electron chi connectivity index (χ4n) is 2.88. The average Bonchev–Trinajstić information content (AvgIpc) is 3.14. The number of ether oxygens (including phenoxy) is 2. The highest BCUT2D eigenvalue weighted by atomic mass is 16.5. The molecule has 1 aromatic heterocycles. The molecule has 0 saturated carbocycles. The summed E-state index contributed by atoms with van der Waals surface area (Å²) in [5.74, 6) is 0.0399. The Kier molecular flexibility index (Phi) is 5.93. The largest absolute Gasteiger partial charge is 0.497 e. The molecule has 0 fully saturated rings. The Bertz CT molecular complexity index is 963. The highest BCUT2D eigenvalue weighted by Gasteiger charge is 2.21. The summed E-state index contributed by atoms with van der Waals surface area (Å²) >= 11 is 0. The molecule has 1 heterocycles. The number of H-pyrrole nitrogens is 1. The standard InChI is InChI=1S/C21H23N3O4/c1-13(2)28-20(25)11-18(14-4-7-16(27-3)8-5-14)24-21(26)15-6-9-17-19(10-15)23-12-22-17/h4-10,12-13,18H,11H2,1-3H3,(H,22,23)(H,24,26). The van der Waals surface area contributed by atoms with Gasteiger partial charge in [0, 0.05) is 5.56 Å². The Hall–Kier alpha value is -3.35. The van der Waals surface area contributed by atoms with E-state index in [9.17, 15) is 9.59 Å². The van der Waals surface area contributed by atoms with Crippen LogP contribution >= 0.6 is 0 Å². The van der Waals surface area contributed by atoms with Crippen molar-refractivity contribution in [3.05, 3.63) is 59.9 Å². The molecular weight excluding hydrogens is 358 g/mol. The Balaban J connectivity index is 1.81. The summed E-state index contributed by atoms with van der Waals surface area (Å²) in [7, 11) is 1.58. The van der Waals surface area contributed by atoms with E-state index in [1.165, 1.54) is 0 Å². The van der Waals surface area contributed by atoms with Gasteiger partial charge in [-0.2, -0.15) is 0 Å². The first-order valence-electron chi connectivity index (χ1n) is 9.03. The number of hydrogen-bond donors (Lipinski definition) is 2. The Morgan fingerprint density at radius 3 is 2.57 bits per heavy atom. The third kappa shape index (κ3) is 4.68. The molecule has 7 heteroatoms. The molecule has 1 atom stereocenters. The number of imidazole rings is 1. The maximum absolute atomic E-state index is 12.8. The Morgan fingerprint density at radius 1 is 1.14 bits per heavy atom. The predicted molar refractivity (Wildman–Crippen MR) is 105 cm³/mol. The molecule has 0 spiro atoms. The van der Waals surface area contributed by atoms with Gasteiger partial charge in [0.25, 0.3) is 5.91 Å². The van der Waals surface area contributed by atoms with E-state index in [4.69, 9.17) is 9.47 Å². The van der Waals surface area contributed by atoms with E-state index in [2.05, 4.69) is 15.3 Å². The quantitative estimate of drug-likeness (QED) is 0.612. The first-order chi connectivity index (χ1) is 13.5. The smallest absolute Gasteiger partial charge is 0.308 e. The van der Waals surface area contributed by atoms with E-state index in [1.807, 2.05) is 12.1 Å². The summed E-state index contributed by atoms with van der Waals surface area (Å²) in [6.07, 6.45) is 1.39. The molecule has 1 amide bonds. The first-order valence-corrected chi connectivity index (χ1v) is 9.03. The Labute approximate surface area is 163 Å². The summed E-state index contributed by atoms with van der Waals surface area (Å²) in [4.78, 5) is 32.1. The second kappa shape index (κ2) is 8.56. The van der Waals surface area contributed by atoms with Crippen molar-refractivity contribution in [3.8, 4) is 5.75 Å². The zero-order valence-electron chi connectivity index (χ0n) is 16.1. The molecule has 0 aliphatic carbocycles. The minimum atomic E-state index is -0.526. The number of esters is 1. The number of fused-ring (bicyclic) bond motifs is 1. The number of carbonyl (C=O) groups excluding carboxylic acids is 2. The molecule has 0 aliphatic heterocycles. The van der Waals surface area contributed by atoms with Crippen LogP contribution in [0.5, 0.6) is 5.75 Å². The van der Waals surface area contributed by atoms with Crippen LogP contribution in [0, 0.1) is 0 Å². The van der Waals surface area contributed by atoms with Crippen molar-refractivity contribution >= 4 is 22.9 Å². The third-order valence-corrected chi connectivity index (χ3v) is 4.24.